The van der Waals surface area contributed by atoms with E-state index < -0.39 is 0 Å². The van der Waals surface area contributed by atoms with Gasteiger partial charge in [0.05, 0.1) is 17.7 Å². The highest BCUT2D eigenvalue weighted by Gasteiger charge is 2.63. The minimum atomic E-state index is -0.236. The molecule has 2 aromatic carbocycles. The van der Waals surface area contributed by atoms with Crippen LogP contribution in [0.25, 0.3) is 11.3 Å². The maximum Gasteiger partial charge on any atom is 0.312 e. The third-order valence-corrected chi connectivity index (χ3v) is 8.56. The molecule has 0 radical (unpaired) electrons. The number of carbonyl (C=O) groups excluding carboxylic acids is 1. The summed E-state index contributed by atoms with van der Waals surface area (Å²) in [5.74, 6) is 1.22. The van der Waals surface area contributed by atoms with Crippen molar-refractivity contribution >= 4 is 22.4 Å². The van der Waals surface area contributed by atoms with Gasteiger partial charge in [0.25, 0.3) is 0 Å². The lowest BCUT2D eigenvalue weighted by Gasteiger charge is -2.30. The molecule has 3 aromatic rings. The summed E-state index contributed by atoms with van der Waals surface area (Å²) in [7, 11) is 0. The van der Waals surface area contributed by atoms with Gasteiger partial charge in [0.1, 0.15) is 12.4 Å². The zero-order valence-corrected chi connectivity index (χ0v) is 20.9. The van der Waals surface area contributed by atoms with E-state index in [-0.39, 0.29) is 11.4 Å². The Balaban J connectivity index is 1.14. The molecule has 1 saturated heterocycles. The van der Waals surface area contributed by atoms with Gasteiger partial charge in [0, 0.05) is 30.6 Å². The van der Waals surface area contributed by atoms with Crippen LogP contribution in [0.2, 0.25) is 0 Å². The molecule has 0 amide bonds. The van der Waals surface area contributed by atoms with Gasteiger partial charge < -0.3 is 19.7 Å². The van der Waals surface area contributed by atoms with E-state index in [0.29, 0.717) is 19.1 Å². The van der Waals surface area contributed by atoms with E-state index in [9.17, 15) is 4.79 Å². The Hall–Kier alpha value is -2.90. The Morgan fingerprint density at radius 2 is 2.17 bits per heavy atom. The number of hydrogen-bond acceptors (Lipinski definition) is 7. The molecule has 1 saturated carbocycles. The quantitative estimate of drug-likeness (QED) is 0.481. The van der Waals surface area contributed by atoms with Crippen molar-refractivity contribution < 1.29 is 14.3 Å². The van der Waals surface area contributed by atoms with Crippen molar-refractivity contribution in [2.75, 3.05) is 31.1 Å². The van der Waals surface area contributed by atoms with Gasteiger partial charge in [0.15, 0.2) is 5.13 Å². The second-order valence-corrected chi connectivity index (χ2v) is 10.6. The van der Waals surface area contributed by atoms with Crippen molar-refractivity contribution in [2.24, 2.45) is 11.3 Å². The van der Waals surface area contributed by atoms with Gasteiger partial charge in [0.2, 0.25) is 0 Å². The molecule has 3 aliphatic rings. The third kappa shape index (κ3) is 4.32. The summed E-state index contributed by atoms with van der Waals surface area (Å²) in [5.41, 5.74) is 5.73. The average molecular weight is 490 g/mol. The fourth-order valence-corrected chi connectivity index (χ4v) is 6.40. The second kappa shape index (κ2) is 9.28. The molecule has 1 aliphatic carbocycles. The van der Waals surface area contributed by atoms with Crippen LogP contribution in [0.1, 0.15) is 36.5 Å². The molecular weight excluding hydrogens is 458 g/mol. The first kappa shape index (κ1) is 22.6. The number of nitrogens with one attached hydrogen (secondary N) is 1. The smallest absolute Gasteiger partial charge is 0.312 e. The average Bonchev–Trinajstić information content (AvgIpc) is 3.45. The van der Waals surface area contributed by atoms with Gasteiger partial charge in [-0.15, -0.1) is 11.3 Å². The fraction of sp³-hybridized carbons (Fsp3) is 0.429. The van der Waals surface area contributed by atoms with E-state index in [1.54, 1.807) is 11.3 Å². The van der Waals surface area contributed by atoms with Gasteiger partial charge in [-0.2, -0.15) is 0 Å². The van der Waals surface area contributed by atoms with Crippen molar-refractivity contribution in [3.63, 3.8) is 0 Å². The number of ether oxygens (including phenoxy) is 2. The molecule has 1 unspecified atom stereocenters. The first-order chi connectivity index (χ1) is 17.2. The number of aromatic nitrogens is 1. The van der Waals surface area contributed by atoms with Crippen molar-refractivity contribution in [1.82, 2.24) is 10.3 Å². The number of esters is 1. The van der Waals surface area contributed by atoms with Crippen molar-refractivity contribution in [2.45, 2.75) is 39.3 Å². The molecule has 3 heterocycles. The first-order valence-electron chi connectivity index (χ1n) is 12.6. The van der Waals surface area contributed by atoms with E-state index in [1.807, 2.05) is 25.1 Å². The number of hydrogen-bond donors (Lipinski definition) is 1. The van der Waals surface area contributed by atoms with Crippen LogP contribution in [0.5, 0.6) is 5.75 Å². The summed E-state index contributed by atoms with van der Waals surface area (Å²) in [6.07, 6.45) is 2.86. The van der Waals surface area contributed by atoms with Crippen LogP contribution < -0.4 is 15.0 Å². The van der Waals surface area contributed by atoms with E-state index >= 15 is 0 Å². The van der Waals surface area contributed by atoms with Crippen LogP contribution in [-0.2, 0) is 29.1 Å². The highest BCUT2D eigenvalue weighted by molar-refractivity contribution is 7.14. The lowest BCUT2D eigenvalue weighted by molar-refractivity contribution is -0.150. The van der Waals surface area contributed by atoms with Gasteiger partial charge in [-0.3, -0.25) is 4.79 Å². The molecule has 1 aromatic heterocycles. The SMILES string of the molecule is CCOC(=O)[C@@]12CCN(c3nc(-c4ccccc4OCc4ccc5c(c4)CCNC5)cs3)CC1C2. The minimum Gasteiger partial charge on any atom is -0.488 e. The third-order valence-electron chi connectivity index (χ3n) is 7.66. The molecule has 6 rings (SSSR count). The highest BCUT2D eigenvalue weighted by Crippen LogP contribution is 2.59. The van der Waals surface area contributed by atoms with Crippen LogP contribution in [-0.4, -0.2) is 37.2 Å². The molecule has 7 heteroatoms. The van der Waals surface area contributed by atoms with E-state index in [1.165, 1.54) is 16.7 Å². The highest BCUT2D eigenvalue weighted by atomic mass is 32.1. The largest absolute Gasteiger partial charge is 0.488 e. The molecule has 2 fully saturated rings. The Kier molecular flexibility index (Phi) is 5.98. The first-order valence-corrected chi connectivity index (χ1v) is 13.5. The summed E-state index contributed by atoms with van der Waals surface area (Å²) >= 11 is 1.66. The van der Waals surface area contributed by atoms with Crippen LogP contribution >= 0.6 is 11.3 Å². The van der Waals surface area contributed by atoms with E-state index in [0.717, 1.165) is 67.6 Å². The van der Waals surface area contributed by atoms with Crippen molar-refractivity contribution in [1.29, 1.82) is 0 Å². The Morgan fingerprint density at radius 1 is 1.26 bits per heavy atom. The minimum absolute atomic E-state index is 0.00820. The van der Waals surface area contributed by atoms with E-state index in [2.05, 4.69) is 39.9 Å². The second-order valence-electron chi connectivity index (χ2n) is 9.80. The number of nitrogens with zero attached hydrogens (tertiary/aromatic N) is 2. The topological polar surface area (TPSA) is 63.7 Å². The molecule has 2 aliphatic heterocycles. The van der Waals surface area contributed by atoms with Gasteiger partial charge in [-0.05, 0) is 67.5 Å². The molecular formula is C28H31N3O3S. The van der Waals surface area contributed by atoms with Crippen molar-refractivity contribution in [3.05, 3.63) is 64.5 Å². The van der Waals surface area contributed by atoms with Crippen LogP contribution in [0.3, 0.4) is 0 Å². The van der Waals surface area contributed by atoms with E-state index in [4.69, 9.17) is 14.5 Å². The van der Waals surface area contributed by atoms with Gasteiger partial charge in [-0.25, -0.2) is 4.98 Å². The molecule has 35 heavy (non-hydrogen) atoms. The molecule has 1 N–H and O–H groups in total. The molecule has 6 nitrogen and oxygen atoms in total. The lowest BCUT2D eigenvalue weighted by atomic mass is 9.95. The number of piperidine rings is 1. The molecule has 0 spiro atoms. The van der Waals surface area contributed by atoms with Gasteiger partial charge in [-0.1, -0.05) is 30.3 Å². The predicted molar refractivity (Wildman–Crippen MR) is 138 cm³/mol. The summed E-state index contributed by atoms with van der Waals surface area (Å²) in [6.45, 7) is 6.58. The number of benzene rings is 2. The molecule has 0 bridgehead atoms. The number of rotatable bonds is 7. The Bertz CT molecular complexity index is 1240. The fourth-order valence-electron chi connectivity index (χ4n) is 5.54. The summed E-state index contributed by atoms with van der Waals surface area (Å²) in [5, 5.41) is 6.56. The number of anilines is 1. The Morgan fingerprint density at radius 3 is 3.06 bits per heavy atom. The number of para-hydroxylation sites is 1. The number of fused-ring (bicyclic) bond motifs is 2. The summed E-state index contributed by atoms with van der Waals surface area (Å²) < 4.78 is 11.6. The number of carbonyl (C=O) groups is 1. The monoisotopic (exact) mass is 489 g/mol. The number of thiazole rings is 1. The molecule has 2 atom stereocenters. The standard InChI is InChI=1S/C28H31N3O3S/c1-2-33-26(32)28-10-12-31(16-22(28)14-28)27-30-24(18-35-27)23-5-3-4-6-25(23)34-17-19-7-8-21-15-29-11-9-20(21)13-19/h3-8,13,18,22,29H,2,9-12,14-17H2,1H3/t22?,28-/m1/s1. The predicted octanol–water partition coefficient (Wildman–Crippen LogP) is 4.81. The van der Waals surface area contributed by atoms with Gasteiger partial charge >= 0.3 is 5.97 Å². The van der Waals surface area contributed by atoms with Crippen LogP contribution in [0, 0.1) is 11.3 Å². The van der Waals surface area contributed by atoms with Crippen LogP contribution in [0.15, 0.2) is 47.8 Å². The zero-order chi connectivity index (χ0) is 23.8. The normalized spacial score (nSPS) is 22.8. The summed E-state index contributed by atoms with van der Waals surface area (Å²) in [6, 6.07) is 14.8. The maximum absolute atomic E-state index is 12.4. The van der Waals surface area contributed by atoms with Crippen molar-refractivity contribution in [3.8, 4) is 17.0 Å². The summed E-state index contributed by atoms with van der Waals surface area (Å²) in [4.78, 5) is 19.7. The zero-order valence-electron chi connectivity index (χ0n) is 20.1. The Labute approximate surface area is 210 Å². The van der Waals surface area contributed by atoms with Crippen LogP contribution in [0.4, 0.5) is 5.13 Å². The lowest BCUT2D eigenvalue weighted by Crippen LogP contribution is -2.38. The molecule has 182 valence electrons. The maximum atomic E-state index is 12.4.